The summed E-state index contributed by atoms with van der Waals surface area (Å²) in [5.41, 5.74) is 4.58. The van der Waals surface area contributed by atoms with Crippen molar-refractivity contribution in [1.82, 2.24) is 0 Å². The molecule has 4 aromatic carbocycles. The van der Waals surface area contributed by atoms with Crippen LogP contribution in [-0.2, 0) is 29.2 Å². The summed E-state index contributed by atoms with van der Waals surface area (Å²) in [5.74, 6) is 3.24. The minimum atomic E-state index is 0.469. The van der Waals surface area contributed by atoms with Gasteiger partial charge in [0.25, 0.3) is 0 Å². The third-order valence-corrected chi connectivity index (χ3v) is 6.49. The maximum absolute atomic E-state index is 5.83. The highest BCUT2D eigenvalue weighted by molar-refractivity contribution is 5.49. The van der Waals surface area contributed by atoms with Crippen molar-refractivity contribution >= 4 is 5.69 Å². The zero-order chi connectivity index (χ0) is 28.7. The average molecular weight is 558 g/mol. The largest absolute Gasteiger partial charge is 0.497 e. The molecule has 4 aromatic rings. The molecule has 0 radical (unpaired) electrons. The smallest absolute Gasteiger partial charge is 0.123 e. The Morgan fingerprint density at radius 3 is 1.61 bits per heavy atom. The normalized spacial score (nSPS) is 10.7. The molecule has 7 nitrogen and oxygen atoms in total. The Morgan fingerprint density at radius 1 is 0.488 bits per heavy atom. The van der Waals surface area contributed by atoms with Gasteiger partial charge in [-0.25, -0.2) is 0 Å². The van der Waals surface area contributed by atoms with Gasteiger partial charge in [0.2, 0.25) is 0 Å². The second-order valence-corrected chi connectivity index (χ2v) is 9.42. The van der Waals surface area contributed by atoms with E-state index in [0.29, 0.717) is 33.0 Å². The van der Waals surface area contributed by atoms with Gasteiger partial charge in [0.1, 0.15) is 29.6 Å². The topological polar surface area (TPSA) is 58.6 Å². The van der Waals surface area contributed by atoms with Crippen molar-refractivity contribution in [3.05, 3.63) is 114 Å². The van der Waals surface area contributed by atoms with Crippen molar-refractivity contribution in [2.45, 2.75) is 19.7 Å². The monoisotopic (exact) mass is 557 g/mol. The maximum Gasteiger partial charge on any atom is 0.123 e. The first-order valence-electron chi connectivity index (χ1n) is 13.7. The van der Waals surface area contributed by atoms with E-state index in [-0.39, 0.29) is 0 Å². The van der Waals surface area contributed by atoms with Gasteiger partial charge in [-0.05, 0) is 65.2 Å². The quantitative estimate of drug-likeness (QED) is 0.137. The van der Waals surface area contributed by atoms with Crippen molar-refractivity contribution in [3.8, 4) is 23.0 Å². The molecule has 216 valence electrons. The summed E-state index contributed by atoms with van der Waals surface area (Å²) in [7, 11) is 5.02. The van der Waals surface area contributed by atoms with Crippen LogP contribution in [0.4, 0.5) is 5.69 Å². The molecule has 0 amide bonds. The molecule has 41 heavy (non-hydrogen) atoms. The zero-order valence-corrected chi connectivity index (χ0v) is 24.1. The fourth-order valence-electron chi connectivity index (χ4n) is 4.34. The Balaban J connectivity index is 1.26. The van der Waals surface area contributed by atoms with Gasteiger partial charge in [0, 0.05) is 24.8 Å². The third kappa shape index (κ3) is 9.74. The molecule has 0 aliphatic heterocycles. The highest BCUT2D eigenvalue weighted by atomic mass is 16.5. The standard InChI is InChI=1S/C34H39NO6/c1-36-31-9-4-7-28(21-31)24-35(25-29-8-5-10-32(22-29)37-2)30-15-13-27(14-16-30)26-40-18-17-39-19-20-41-34-12-6-11-33(23-34)38-3/h4-16,21-23H,17-20,24-26H2,1-3H3. The van der Waals surface area contributed by atoms with Gasteiger partial charge in [0.15, 0.2) is 0 Å². The second-order valence-electron chi connectivity index (χ2n) is 9.42. The Kier molecular flexibility index (Phi) is 11.7. The lowest BCUT2D eigenvalue weighted by molar-refractivity contribution is 0.0303. The van der Waals surface area contributed by atoms with E-state index in [1.54, 1.807) is 21.3 Å². The number of methoxy groups -OCH3 is 3. The van der Waals surface area contributed by atoms with E-state index in [1.807, 2.05) is 48.5 Å². The number of rotatable bonds is 17. The van der Waals surface area contributed by atoms with Crippen LogP contribution in [0.5, 0.6) is 23.0 Å². The molecule has 0 aliphatic rings. The Labute approximate surface area is 243 Å². The van der Waals surface area contributed by atoms with E-state index in [0.717, 1.165) is 47.3 Å². The zero-order valence-electron chi connectivity index (χ0n) is 24.1. The van der Waals surface area contributed by atoms with Crippen LogP contribution in [0, 0.1) is 0 Å². The summed E-state index contributed by atoms with van der Waals surface area (Å²) in [6.45, 7) is 3.98. The Hall–Kier alpha value is -4.20. The SMILES string of the molecule is COc1cccc(CN(Cc2cccc(OC)c2)c2ccc(COCCOCCOc3cccc(OC)c3)cc2)c1. The van der Waals surface area contributed by atoms with E-state index in [9.17, 15) is 0 Å². The van der Waals surface area contributed by atoms with Gasteiger partial charge >= 0.3 is 0 Å². The lowest BCUT2D eigenvalue weighted by atomic mass is 10.1. The maximum atomic E-state index is 5.83. The van der Waals surface area contributed by atoms with Crippen LogP contribution >= 0.6 is 0 Å². The predicted octanol–water partition coefficient (Wildman–Crippen LogP) is 6.53. The van der Waals surface area contributed by atoms with Crippen LogP contribution < -0.4 is 23.8 Å². The van der Waals surface area contributed by atoms with Crippen LogP contribution in [-0.4, -0.2) is 47.8 Å². The molecule has 0 aliphatic carbocycles. The summed E-state index contributed by atoms with van der Waals surface area (Å²) in [6, 6.07) is 32.4. The molecule has 0 bridgehead atoms. The number of hydrogen-bond donors (Lipinski definition) is 0. The summed E-state index contributed by atoms with van der Waals surface area (Å²) in [6.07, 6.45) is 0. The molecule has 0 heterocycles. The minimum absolute atomic E-state index is 0.469. The molecule has 0 unspecified atom stereocenters. The highest BCUT2D eigenvalue weighted by Crippen LogP contribution is 2.24. The minimum Gasteiger partial charge on any atom is -0.497 e. The molecular formula is C34H39NO6. The van der Waals surface area contributed by atoms with Crippen molar-refractivity contribution in [3.63, 3.8) is 0 Å². The molecule has 0 saturated heterocycles. The van der Waals surface area contributed by atoms with Crippen molar-refractivity contribution in [2.75, 3.05) is 52.7 Å². The predicted molar refractivity (Wildman–Crippen MR) is 161 cm³/mol. The molecule has 7 heteroatoms. The van der Waals surface area contributed by atoms with E-state index in [1.165, 1.54) is 11.1 Å². The molecule has 0 N–H and O–H groups in total. The first-order chi connectivity index (χ1) is 20.2. The van der Waals surface area contributed by atoms with Crippen molar-refractivity contribution in [1.29, 1.82) is 0 Å². The Bertz CT molecular complexity index is 1280. The van der Waals surface area contributed by atoms with Crippen LogP contribution in [0.2, 0.25) is 0 Å². The number of hydrogen-bond acceptors (Lipinski definition) is 7. The number of anilines is 1. The van der Waals surface area contributed by atoms with E-state index in [4.69, 9.17) is 28.4 Å². The second kappa shape index (κ2) is 16.2. The molecule has 0 saturated carbocycles. The summed E-state index contributed by atoms with van der Waals surface area (Å²) in [5, 5.41) is 0. The number of ether oxygens (including phenoxy) is 6. The van der Waals surface area contributed by atoms with Crippen LogP contribution in [0.15, 0.2) is 97.1 Å². The van der Waals surface area contributed by atoms with Crippen molar-refractivity contribution in [2.24, 2.45) is 0 Å². The highest BCUT2D eigenvalue weighted by Gasteiger charge is 2.11. The fourth-order valence-corrected chi connectivity index (χ4v) is 4.34. The molecule has 4 rings (SSSR count). The van der Waals surface area contributed by atoms with Gasteiger partial charge in [0.05, 0.1) is 47.8 Å². The van der Waals surface area contributed by atoms with Gasteiger partial charge in [-0.3, -0.25) is 0 Å². The lowest BCUT2D eigenvalue weighted by Gasteiger charge is -2.26. The average Bonchev–Trinajstić information content (AvgIpc) is 3.02. The third-order valence-electron chi connectivity index (χ3n) is 6.49. The lowest BCUT2D eigenvalue weighted by Crippen LogP contribution is -2.22. The first-order valence-corrected chi connectivity index (χ1v) is 13.7. The summed E-state index contributed by atoms with van der Waals surface area (Å²) in [4.78, 5) is 2.34. The summed E-state index contributed by atoms with van der Waals surface area (Å²) < 4.78 is 33.2. The van der Waals surface area contributed by atoms with Gasteiger partial charge in [-0.1, -0.05) is 42.5 Å². The van der Waals surface area contributed by atoms with E-state index >= 15 is 0 Å². The Morgan fingerprint density at radius 2 is 1.00 bits per heavy atom. The summed E-state index contributed by atoms with van der Waals surface area (Å²) >= 11 is 0. The van der Waals surface area contributed by atoms with Crippen LogP contribution in [0.3, 0.4) is 0 Å². The molecule has 0 atom stereocenters. The molecule has 0 aromatic heterocycles. The number of nitrogens with zero attached hydrogens (tertiary/aromatic N) is 1. The van der Waals surface area contributed by atoms with Gasteiger partial charge in [-0.15, -0.1) is 0 Å². The van der Waals surface area contributed by atoms with Gasteiger partial charge < -0.3 is 33.3 Å². The molecule has 0 fully saturated rings. The number of benzene rings is 4. The van der Waals surface area contributed by atoms with E-state index < -0.39 is 0 Å². The van der Waals surface area contributed by atoms with Crippen LogP contribution in [0.25, 0.3) is 0 Å². The first kappa shape index (κ1) is 29.8. The molecular weight excluding hydrogens is 518 g/mol. The van der Waals surface area contributed by atoms with E-state index in [2.05, 4.69) is 53.4 Å². The van der Waals surface area contributed by atoms with Crippen LogP contribution in [0.1, 0.15) is 16.7 Å². The van der Waals surface area contributed by atoms with Gasteiger partial charge in [-0.2, -0.15) is 0 Å². The fraction of sp³-hybridized carbons (Fsp3) is 0.294. The molecule has 0 spiro atoms. The van der Waals surface area contributed by atoms with Crippen molar-refractivity contribution < 1.29 is 28.4 Å².